The molecule has 1 N–H and O–H groups in total. The van der Waals surface area contributed by atoms with Crippen molar-refractivity contribution in [3.05, 3.63) is 0 Å². The first-order valence-corrected chi connectivity index (χ1v) is 6.96. The molecule has 18 heavy (non-hydrogen) atoms. The number of carbonyl (C=O) groups excluding carboxylic acids is 1. The van der Waals surface area contributed by atoms with Crippen LogP contribution < -0.4 is 0 Å². The maximum Gasteiger partial charge on any atom is 0.410 e. The molecule has 0 aromatic rings. The average molecular weight is 255 g/mol. The minimum Gasteiger partial charge on any atom is -0.444 e. The Hall–Kier alpha value is -0.770. The van der Waals surface area contributed by atoms with Crippen LogP contribution in [0, 0.1) is 5.41 Å². The summed E-state index contributed by atoms with van der Waals surface area (Å²) in [4.78, 5) is 13.7. The number of hydrogen-bond donors (Lipinski definition) is 1. The van der Waals surface area contributed by atoms with E-state index in [1.54, 1.807) is 4.90 Å². The van der Waals surface area contributed by atoms with E-state index >= 15 is 0 Å². The van der Waals surface area contributed by atoms with Crippen molar-refractivity contribution in [2.45, 2.75) is 64.6 Å². The third kappa shape index (κ3) is 3.16. The first-order valence-electron chi connectivity index (χ1n) is 6.96. The Balaban J connectivity index is 1.85. The molecule has 1 spiro atoms. The predicted octanol–water partition coefficient (Wildman–Crippen LogP) is 2.55. The van der Waals surface area contributed by atoms with Crippen LogP contribution in [0.3, 0.4) is 0 Å². The Morgan fingerprint density at radius 2 is 1.89 bits per heavy atom. The number of carbonyl (C=O) groups is 1. The Labute approximate surface area is 109 Å². The quantitative estimate of drug-likeness (QED) is 0.723. The van der Waals surface area contributed by atoms with E-state index in [0.717, 1.165) is 45.2 Å². The molecule has 4 heteroatoms. The molecule has 1 saturated heterocycles. The molecule has 2 fully saturated rings. The zero-order valence-electron chi connectivity index (χ0n) is 11.7. The topological polar surface area (TPSA) is 49.8 Å². The molecule has 1 aliphatic carbocycles. The summed E-state index contributed by atoms with van der Waals surface area (Å²) in [6, 6.07) is 0. The van der Waals surface area contributed by atoms with E-state index in [-0.39, 0.29) is 17.6 Å². The van der Waals surface area contributed by atoms with Crippen molar-refractivity contribution in [2.75, 3.05) is 13.1 Å². The lowest BCUT2D eigenvalue weighted by Gasteiger charge is -2.39. The van der Waals surface area contributed by atoms with E-state index in [4.69, 9.17) is 4.74 Å². The summed E-state index contributed by atoms with van der Waals surface area (Å²) in [6.07, 6.45) is 4.62. The molecule has 1 amide bonds. The van der Waals surface area contributed by atoms with Gasteiger partial charge in [-0.3, -0.25) is 0 Å². The molecular weight excluding hydrogens is 230 g/mol. The number of aliphatic hydroxyl groups excluding tert-OH is 1. The largest absolute Gasteiger partial charge is 0.444 e. The maximum absolute atomic E-state index is 11.9. The van der Waals surface area contributed by atoms with Gasteiger partial charge in [0.2, 0.25) is 0 Å². The number of nitrogens with zero attached hydrogens (tertiary/aromatic N) is 1. The van der Waals surface area contributed by atoms with Crippen LogP contribution in [0.15, 0.2) is 0 Å². The fourth-order valence-corrected chi connectivity index (χ4v) is 3.12. The molecule has 2 aliphatic rings. The van der Waals surface area contributed by atoms with Crippen LogP contribution in [-0.4, -0.2) is 40.9 Å². The molecule has 1 heterocycles. The third-order valence-electron chi connectivity index (χ3n) is 4.15. The molecule has 0 radical (unpaired) electrons. The summed E-state index contributed by atoms with van der Waals surface area (Å²) in [7, 11) is 0. The van der Waals surface area contributed by atoms with Gasteiger partial charge in [0, 0.05) is 13.1 Å². The first kappa shape index (κ1) is 13.7. The Kier molecular flexibility index (Phi) is 3.58. The second kappa shape index (κ2) is 4.72. The standard InChI is InChI=1S/C14H25NO3/c1-13(2,3)18-12(17)15-8-6-14(7-9-15)5-4-11(16)10-14/h11,16H,4-10H2,1-3H3. The molecule has 1 aliphatic heterocycles. The summed E-state index contributed by atoms with van der Waals surface area (Å²) in [5, 5.41) is 9.67. The Morgan fingerprint density at radius 3 is 2.33 bits per heavy atom. The van der Waals surface area contributed by atoms with E-state index in [0.29, 0.717) is 0 Å². The number of hydrogen-bond acceptors (Lipinski definition) is 3. The average Bonchev–Trinajstić information content (AvgIpc) is 2.58. The lowest BCUT2D eigenvalue weighted by molar-refractivity contribution is 0.00929. The fourth-order valence-electron chi connectivity index (χ4n) is 3.12. The monoisotopic (exact) mass is 255 g/mol. The minimum absolute atomic E-state index is 0.127. The van der Waals surface area contributed by atoms with Crippen LogP contribution in [0.2, 0.25) is 0 Å². The normalized spacial score (nSPS) is 27.6. The zero-order chi connectivity index (χ0) is 13.4. The number of rotatable bonds is 0. The second-order valence-corrected chi connectivity index (χ2v) is 6.86. The van der Waals surface area contributed by atoms with Crippen molar-refractivity contribution in [3.63, 3.8) is 0 Å². The number of aliphatic hydroxyl groups is 1. The van der Waals surface area contributed by atoms with Crippen LogP contribution in [-0.2, 0) is 4.74 Å². The van der Waals surface area contributed by atoms with Crippen LogP contribution in [0.4, 0.5) is 4.79 Å². The highest BCUT2D eigenvalue weighted by Crippen LogP contribution is 2.46. The van der Waals surface area contributed by atoms with Gasteiger partial charge in [0.1, 0.15) is 5.60 Å². The zero-order valence-corrected chi connectivity index (χ0v) is 11.7. The van der Waals surface area contributed by atoms with E-state index in [1.807, 2.05) is 20.8 Å². The van der Waals surface area contributed by atoms with Gasteiger partial charge in [-0.1, -0.05) is 0 Å². The molecule has 104 valence electrons. The fraction of sp³-hybridized carbons (Fsp3) is 0.929. The van der Waals surface area contributed by atoms with Gasteiger partial charge in [-0.2, -0.15) is 0 Å². The van der Waals surface area contributed by atoms with Gasteiger partial charge in [0.05, 0.1) is 6.10 Å². The van der Waals surface area contributed by atoms with Crippen LogP contribution in [0.1, 0.15) is 52.9 Å². The van der Waals surface area contributed by atoms with Gasteiger partial charge in [-0.15, -0.1) is 0 Å². The summed E-state index contributed by atoms with van der Waals surface area (Å²) in [5.41, 5.74) is -0.131. The highest BCUT2D eigenvalue weighted by Gasteiger charge is 2.42. The van der Waals surface area contributed by atoms with Gasteiger partial charge in [0.15, 0.2) is 0 Å². The molecule has 0 bridgehead atoms. The van der Waals surface area contributed by atoms with Gasteiger partial charge in [-0.05, 0) is 58.3 Å². The lowest BCUT2D eigenvalue weighted by Crippen LogP contribution is -2.44. The van der Waals surface area contributed by atoms with Crippen LogP contribution in [0.5, 0.6) is 0 Å². The van der Waals surface area contributed by atoms with E-state index < -0.39 is 5.60 Å². The third-order valence-corrected chi connectivity index (χ3v) is 4.15. The SMILES string of the molecule is CC(C)(C)OC(=O)N1CCC2(CCC(O)C2)CC1. The Bertz CT molecular complexity index is 313. The second-order valence-electron chi connectivity index (χ2n) is 6.86. The van der Waals surface area contributed by atoms with Crippen LogP contribution in [0.25, 0.3) is 0 Å². The van der Waals surface area contributed by atoms with Gasteiger partial charge < -0.3 is 14.7 Å². The van der Waals surface area contributed by atoms with Crippen molar-refractivity contribution in [1.82, 2.24) is 4.90 Å². The van der Waals surface area contributed by atoms with E-state index in [9.17, 15) is 9.90 Å². The van der Waals surface area contributed by atoms with Crippen molar-refractivity contribution in [2.24, 2.45) is 5.41 Å². The molecule has 1 unspecified atom stereocenters. The van der Waals surface area contributed by atoms with E-state index in [1.165, 1.54) is 0 Å². The smallest absolute Gasteiger partial charge is 0.410 e. The Morgan fingerprint density at radius 1 is 1.28 bits per heavy atom. The number of likely N-dealkylation sites (tertiary alicyclic amines) is 1. The molecule has 1 atom stereocenters. The highest BCUT2D eigenvalue weighted by atomic mass is 16.6. The van der Waals surface area contributed by atoms with E-state index in [2.05, 4.69) is 0 Å². The lowest BCUT2D eigenvalue weighted by atomic mass is 9.77. The van der Waals surface area contributed by atoms with Crippen molar-refractivity contribution < 1.29 is 14.6 Å². The number of amides is 1. The molecule has 2 rings (SSSR count). The van der Waals surface area contributed by atoms with Crippen molar-refractivity contribution >= 4 is 6.09 Å². The minimum atomic E-state index is -0.421. The molecular formula is C14H25NO3. The first-order chi connectivity index (χ1) is 8.30. The summed E-state index contributed by atoms with van der Waals surface area (Å²) >= 11 is 0. The predicted molar refractivity (Wildman–Crippen MR) is 69.3 cm³/mol. The molecule has 0 aromatic heterocycles. The molecule has 1 saturated carbocycles. The summed E-state index contributed by atoms with van der Waals surface area (Å²) in [5.74, 6) is 0. The van der Waals surface area contributed by atoms with Gasteiger partial charge in [-0.25, -0.2) is 4.79 Å². The van der Waals surface area contributed by atoms with Gasteiger partial charge in [0.25, 0.3) is 0 Å². The summed E-state index contributed by atoms with van der Waals surface area (Å²) in [6.45, 7) is 7.21. The molecule has 0 aromatic carbocycles. The van der Waals surface area contributed by atoms with Crippen LogP contribution >= 0.6 is 0 Å². The van der Waals surface area contributed by atoms with Gasteiger partial charge >= 0.3 is 6.09 Å². The highest BCUT2D eigenvalue weighted by molar-refractivity contribution is 5.68. The van der Waals surface area contributed by atoms with Crippen molar-refractivity contribution in [3.8, 4) is 0 Å². The molecule has 4 nitrogen and oxygen atoms in total. The maximum atomic E-state index is 11.9. The number of piperidine rings is 1. The number of ether oxygens (including phenoxy) is 1. The van der Waals surface area contributed by atoms with Crippen molar-refractivity contribution in [1.29, 1.82) is 0 Å². The summed E-state index contributed by atoms with van der Waals surface area (Å²) < 4.78 is 5.39.